The van der Waals surface area contributed by atoms with E-state index < -0.39 is 29.4 Å². The van der Waals surface area contributed by atoms with E-state index >= 15 is 0 Å². The van der Waals surface area contributed by atoms with Crippen LogP contribution < -0.4 is 4.90 Å². The molecule has 0 aliphatic heterocycles. The van der Waals surface area contributed by atoms with Gasteiger partial charge in [-0.25, -0.2) is 4.98 Å². The summed E-state index contributed by atoms with van der Waals surface area (Å²) in [7, 11) is 0. The summed E-state index contributed by atoms with van der Waals surface area (Å²) in [6.45, 7) is 1.73. The molecule has 1 aromatic rings. The van der Waals surface area contributed by atoms with Crippen molar-refractivity contribution in [1.82, 2.24) is 4.98 Å². The lowest BCUT2D eigenvalue weighted by Crippen LogP contribution is -2.40. The van der Waals surface area contributed by atoms with Crippen LogP contribution in [0.25, 0.3) is 0 Å². The van der Waals surface area contributed by atoms with Crippen LogP contribution in [0.4, 0.5) is 24.7 Å². The fourth-order valence-corrected chi connectivity index (χ4v) is 1.79. The summed E-state index contributed by atoms with van der Waals surface area (Å²) < 4.78 is 37.9. The average Bonchev–Trinajstić information content (AvgIpc) is 2.24. The van der Waals surface area contributed by atoms with Gasteiger partial charge >= 0.3 is 11.9 Å². The highest BCUT2D eigenvalue weighted by atomic mass is 79.9. The topological polar surface area (TPSA) is 59.3 Å². The first-order valence-corrected chi connectivity index (χ1v) is 6.04. The molecule has 0 N–H and O–H groups in total. The Balaban J connectivity index is 3.27. The number of anilines is 1. The van der Waals surface area contributed by atoms with Gasteiger partial charge in [0.1, 0.15) is 6.54 Å². The van der Waals surface area contributed by atoms with Crippen molar-refractivity contribution in [1.29, 1.82) is 0 Å². The molecule has 0 spiro atoms. The Morgan fingerprint density at radius 1 is 1.53 bits per heavy atom. The second-order valence-electron chi connectivity index (χ2n) is 4.09. The first kappa shape index (κ1) is 15.7. The van der Waals surface area contributed by atoms with E-state index in [0.29, 0.717) is 4.47 Å². The SMILES string of the molecule is CC(C)N(CC(F)(F)F)c1ncc(Br)cc1[N+](=O)[O-]. The van der Waals surface area contributed by atoms with Crippen molar-refractivity contribution in [2.75, 3.05) is 11.4 Å². The van der Waals surface area contributed by atoms with Gasteiger partial charge in [-0.3, -0.25) is 10.1 Å². The molecule has 9 heteroatoms. The third-order valence-electron chi connectivity index (χ3n) is 2.26. The number of hydrogen-bond acceptors (Lipinski definition) is 4. The molecule has 0 fully saturated rings. The molecule has 0 aromatic carbocycles. The second kappa shape index (κ2) is 5.72. The van der Waals surface area contributed by atoms with E-state index in [0.717, 1.165) is 11.0 Å². The zero-order valence-corrected chi connectivity index (χ0v) is 11.7. The summed E-state index contributed by atoms with van der Waals surface area (Å²) in [5.74, 6) is -0.291. The first-order chi connectivity index (χ1) is 8.61. The third kappa shape index (κ3) is 4.34. The maximum Gasteiger partial charge on any atom is 0.405 e. The minimum Gasteiger partial charge on any atom is -0.339 e. The normalized spacial score (nSPS) is 11.7. The van der Waals surface area contributed by atoms with Crippen molar-refractivity contribution in [3.05, 3.63) is 26.9 Å². The van der Waals surface area contributed by atoms with Crippen LogP contribution >= 0.6 is 15.9 Å². The Hall–Kier alpha value is -1.38. The predicted octanol–water partition coefficient (Wildman–Crippen LogP) is 3.53. The summed E-state index contributed by atoms with van der Waals surface area (Å²) in [4.78, 5) is 14.7. The first-order valence-electron chi connectivity index (χ1n) is 5.25. The van der Waals surface area contributed by atoms with Crippen LogP contribution in [0.3, 0.4) is 0 Å². The summed E-state index contributed by atoms with van der Waals surface area (Å²) in [5.41, 5.74) is -0.465. The van der Waals surface area contributed by atoms with Gasteiger partial charge in [-0.2, -0.15) is 13.2 Å². The van der Waals surface area contributed by atoms with Crippen LogP contribution in [0.2, 0.25) is 0 Å². The van der Waals surface area contributed by atoms with Crippen LogP contribution in [0.5, 0.6) is 0 Å². The van der Waals surface area contributed by atoms with Gasteiger partial charge in [0.2, 0.25) is 5.82 Å². The van der Waals surface area contributed by atoms with E-state index in [1.54, 1.807) is 0 Å². The van der Waals surface area contributed by atoms with Crippen molar-refractivity contribution in [2.45, 2.75) is 26.1 Å². The predicted molar refractivity (Wildman–Crippen MR) is 67.1 cm³/mol. The van der Waals surface area contributed by atoms with E-state index in [1.807, 2.05) is 0 Å². The highest BCUT2D eigenvalue weighted by molar-refractivity contribution is 9.10. The van der Waals surface area contributed by atoms with Gasteiger partial charge in [-0.05, 0) is 29.8 Å². The summed E-state index contributed by atoms with van der Waals surface area (Å²) in [6.07, 6.45) is -3.24. The summed E-state index contributed by atoms with van der Waals surface area (Å²) in [5, 5.41) is 10.9. The van der Waals surface area contributed by atoms with Crippen molar-refractivity contribution in [3.8, 4) is 0 Å². The molecule has 106 valence electrons. The number of nitro groups is 1. The molecule has 0 aliphatic carbocycles. The van der Waals surface area contributed by atoms with E-state index in [2.05, 4.69) is 20.9 Å². The number of nitrogens with zero attached hydrogens (tertiary/aromatic N) is 3. The second-order valence-corrected chi connectivity index (χ2v) is 5.01. The number of halogens is 4. The van der Waals surface area contributed by atoms with E-state index in [1.165, 1.54) is 20.0 Å². The van der Waals surface area contributed by atoms with Crippen molar-refractivity contribution in [2.24, 2.45) is 0 Å². The van der Waals surface area contributed by atoms with Crippen LogP contribution in [0.15, 0.2) is 16.7 Å². The van der Waals surface area contributed by atoms with E-state index in [4.69, 9.17) is 0 Å². The maximum absolute atomic E-state index is 12.5. The smallest absolute Gasteiger partial charge is 0.339 e. The van der Waals surface area contributed by atoms with Gasteiger partial charge in [0.05, 0.1) is 4.92 Å². The van der Waals surface area contributed by atoms with Gasteiger partial charge in [-0.1, -0.05) is 0 Å². The zero-order chi connectivity index (χ0) is 14.8. The quantitative estimate of drug-likeness (QED) is 0.620. The number of rotatable bonds is 4. The molecular formula is C10H11BrF3N3O2. The van der Waals surface area contributed by atoms with E-state index in [9.17, 15) is 23.3 Å². The molecule has 1 aromatic heterocycles. The Labute approximate surface area is 115 Å². The number of hydrogen-bond donors (Lipinski definition) is 0. The summed E-state index contributed by atoms with van der Waals surface area (Å²) in [6, 6.07) is 0.558. The molecule has 0 saturated carbocycles. The average molecular weight is 342 g/mol. The van der Waals surface area contributed by atoms with Crippen molar-refractivity contribution in [3.63, 3.8) is 0 Å². The lowest BCUT2D eigenvalue weighted by atomic mass is 10.2. The highest BCUT2D eigenvalue weighted by Gasteiger charge is 2.35. The van der Waals surface area contributed by atoms with Gasteiger partial charge in [0.25, 0.3) is 0 Å². The highest BCUT2D eigenvalue weighted by Crippen LogP contribution is 2.31. The molecule has 0 amide bonds. The minimum absolute atomic E-state index is 0.291. The molecule has 0 bridgehead atoms. The number of pyridine rings is 1. The molecule has 0 aliphatic rings. The van der Waals surface area contributed by atoms with E-state index in [-0.39, 0.29) is 5.82 Å². The van der Waals surface area contributed by atoms with Crippen molar-refractivity contribution >= 4 is 27.4 Å². The molecule has 0 unspecified atom stereocenters. The Morgan fingerprint density at radius 3 is 2.53 bits per heavy atom. The molecule has 0 radical (unpaired) electrons. The van der Waals surface area contributed by atoms with Crippen molar-refractivity contribution < 1.29 is 18.1 Å². The van der Waals surface area contributed by atoms with Crippen LogP contribution in [0, 0.1) is 10.1 Å². The number of aromatic nitrogens is 1. The molecule has 0 atom stereocenters. The fraction of sp³-hybridized carbons (Fsp3) is 0.500. The largest absolute Gasteiger partial charge is 0.405 e. The van der Waals surface area contributed by atoms with Crippen LogP contribution in [-0.2, 0) is 0 Å². The van der Waals surface area contributed by atoms with Crippen LogP contribution in [0.1, 0.15) is 13.8 Å². The lowest BCUT2D eigenvalue weighted by Gasteiger charge is -2.28. The molecule has 5 nitrogen and oxygen atoms in total. The number of alkyl halides is 3. The van der Waals surface area contributed by atoms with Crippen LogP contribution in [-0.4, -0.2) is 28.7 Å². The minimum atomic E-state index is -4.47. The van der Waals surface area contributed by atoms with Gasteiger partial charge in [0, 0.05) is 22.8 Å². The molecular weight excluding hydrogens is 331 g/mol. The van der Waals surface area contributed by atoms with Gasteiger partial charge in [-0.15, -0.1) is 0 Å². The Kier molecular flexibility index (Phi) is 4.72. The molecule has 1 heterocycles. The molecule has 0 saturated heterocycles. The molecule has 19 heavy (non-hydrogen) atoms. The fourth-order valence-electron chi connectivity index (χ4n) is 1.47. The monoisotopic (exact) mass is 341 g/mol. The Morgan fingerprint density at radius 2 is 2.11 bits per heavy atom. The van der Waals surface area contributed by atoms with Gasteiger partial charge < -0.3 is 4.90 Å². The zero-order valence-electron chi connectivity index (χ0n) is 10.1. The van der Waals surface area contributed by atoms with Gasteiger partial charge in [0.15, 0.2) is 0 Å². The maximum atomic E-state index is 12.5. The third-order valence-corrected chi connectivity index (χ3v) is 2.69. The Bertz CT molecular complexity index is 480. The standard InChI is InChI=1S/C10H11BrF3N3O2/c1-6(2)16(5-10(12,13)14)9-8(17(18)19)3-7(11)4-15-9/h3-4,6H,5H2,1-2H3. The lowest BCUT2D eigenvalue weighted by molar-refractivity contribution is -0.384. The summed E-state index contributed by atoms with van der Waals surface area (Å²) >= 11 is 3.00. The molecule has 1 rings (SSSR count).